The molecule has 28 heavy (non-hydrogen) atoms. The number of hydrogen-bond acceptors (Lipinski definition) is 3. The molecule has 0 aliphatic heterocycles. The van der Waals surface area contributed by atoms with E-state index in [1.54, 1.807) is 31.2 Å². The van der Waals surface area contributed by atoms with Crippen LogP contribution in [0.1, 0.15) is 25.0 Å². The molecule has 6 nitrogen and oxygen atoms in total. The van der Waals surface area contributed by atoms with Crippen LogP contribution in [-0.4, -0.2) is 31.4 Å². The largest absolute Gasteiger partial charge is 0.361 e. The first kappa shape index (κ1) is 20.1. The second kappa shape index (κ2) is 8.16. The van der Waals surface area contributed by atoms with Gasteiger partial charge in [0.25, 0.3) is 0 Å². The topological polar surface area (TPSA) is 91.1 Å². The van der Waals surface area contributed by atoms with E-state index in [9.17, 15) is 13.2 Å². The Balaban J connectivity index is 1.93. The van der Waals surface area contributed by atoms with Crippen LogP contribution in [0.3, 0.4) is 0 Å². The molecule has 3 rings (SSSR count). The zero-order valence-electron chi connectivity index (χ0n) is 16.2. The highest BCUT2D eigenvalue weighted by atomic mass is 32.2. The molecule has 1 atom stereocenters. The lowest BCUT2D eigenvalue weighted by Gasteiger charge is -2.20. The molecule has 0 unspecified atom stereocenters. The summed E-state index contributed by atoms with van der Waals surface area (Å²) < 4.78 is 28.5. The monoisotopic (exact) mass is 399 g/mol. The Morgan fingerprint density at radius 2 is 1.75 bits per heavy atom. The highest BCUT2D eigenvalue weighted by Crippen LogP contribution is 2.20. The molecule has 0 saturated carbocycles. The minimum absolute atomic E-state index is 0.0964. The third-order valence-electron chi connectivity index (χ3n) is 4.53. The summed E-state index contributed by atoms with van der Waals surface area (Å²) in [6, 6.07) is 13.4. The quantitative estimate of drug-likeness (QED) is 0.570. The minimum Gasteiger partial charge on any atom is -0.361 e. The number of para-hydroxylation sites is 1. The second-order valence-corrected chi connectivity index (χ2v) is 8.85. The van der Waals surface area contributed by atoms with Crippen LogP contribution in [0.2, 0.25) is 0 Å². The zero-order chi connectivity index (χ0) is 20.3. The normalized spacial score (nSPS) is 13.0. The van der Waals surface area contributed by atoms with E-state index in [1.165, 1.54) is 0 Å². The van der Waals surface area contributed by atoms with E-state index in [0.29, 0.717) is 5.56 Å². The van der Waals surface area contributed by atoms with E-state index in [4.69, 9.17) is 0 Å². The van der Waals surface area contributed by atoms with Crippen molar-refractivity contribution in [2.24, 2.45) is 0 Å². The first-order chi connectivity index (χ1) is 13.3. The van der Waals surface area contributed by atoms with Crippen LogP contribution >= 0.6 is 0 Å². The van der Waals surface area contributed by atoms with Gasteiger partial charge < -0.3 is 10.3 Å². The molecule has 7 heteroatoms. The van der Waals surface area contributed by atoms with Crippen molar-refractivity contribution in [3.8, 4) is 0 Å². The predicted molar refractivity (Wildman–Crippen MR) is 111 cm³/mol. The van der Waals surface area contributed by atoms with Gasteiger partial charge >= 0.3 is 0 Å². The van der Waals surface area contributed by atoms with E-state index in [2.05, 4.69) is 15.0 Å². The molecule has 0 fully saturated rings. The van der Waals surface area contributed by atoms with Gasteiger partial charge in [-0.15, -0.1) is 0 Å². The van der Waals surface area contributed by atoms with Gasteiger partial charge in [0.1, 0.15) is 6.04 Å². The standard InChI is InChI=1S/C21H25N3O3S/c1-14(2)23-21(25)19(12-16-13-22-18-10-6-5-9-17(16)18)24-28(26,27)20-11-7-4-8-15(20)3/h4-11,13-14,19,22,24H,12H2,1-3H3,(H,23,25)/t19-/m0/s1. The molecule has 1 aromatic heterocycles. The summed E-state index contributed by atoms with van der Waals surface area (Å²) in [7, 11) is -3.85. The molecule has 1 amide bonds. The van der Waals surface area contributed by atoms with Crippen molar-refractivity contribution in [3.05, 3.63) is 65.9 Å². The maximum absolute atomic E-state index is 12.9. The molecule has 0 aliphatic rings. The second-order valence-electron chi connectivity index (χ2n) is 7.17. The van der Waals surface area contributed by atoms with Crippen molar-refractivity contribution in [2.75, 3.05) is 0 Å². The number of aromatic nitrogens is 1. The van der Waals surface area contributed by atoms with Gasteiger partial charge in [0, 0.05) is 23.1 Å². The fraction of sp³-hybridized carbons (Fsp3) is 0.286. The molecule has 0 saturated heterocycles. The number of sulfonamides is 1. The summed E-state index contributed by atoms with van der Waals surface area (Å²) in [5.41, 5.74) is 2.46. The van der Waals surface area contributed by atoms with Gasteiger partial charge in [-0.2, -0.15) is 4.72 Å². The van der Waals surface area contributed by atoms with Crippen molar-refractivity contribution in [3.63, 3.8) is 0 Å². The minimum atomic E-state index is -3.85. The van der Waals surface area contributed by atoms with Gasteiger partial charge in [-0.05, 0) is 50.5 Å². The van der Waals surface area contributed by atoms with Gasteiger partial charge in [0.2, 0.25) is 15.9 Å². The Morgan fingerprint density at radius 1 is 1.07 bits per heavy atom. The molecule has 1 heterocycles. The number of aryl methyl sites for hydroxylation is 1. The summed E-state index contributed by atoms with van der Waals surface area (Å²) in [5, 5.41) is 3.79. The number of carbonyl (C=O) groups is 1. The van der Waals surface area contributed by atoms with Crippen LogP contribution in [0.5, 0.6) is 0 Å². The number of benzene rings is 2. The van der Waals surface area contributed by atoms with E-state index in [0.717, 1.165) is 16.5 Å². The Morgan fingerprint density at radius 3 is 2.46 bits per heavy atom. The highest BCUT2D eigenvalue weighted by molar-refractivity contribution is 7.89. The fourth-order valence-corrected chi connectivity index (χ4v) is 4.64. The van der Waals surface area contributed by atoms with Gasteiger partial charge in [-0.25, -0.2) is 8.42 Å². The average Bonchev–Trinajstić information content (AvgIpc) is 3.04. The number of H-pyrrole nitrogens is 1. The number of aromatic amines is 1. The Hall–Kier alpha value is -2.64. The summed E-state index contributed by atoms with van der Waals surface area (Å²) in [6.45, 7) is 5.42. The summed E-state index contributed by atoms with van der Waals surface area (Å²) >= 11 is 0. The van der Waals surface area contributed by atoms with Gasteiger partial charge in [0.15, 0.2) is 0 Å². The number of nitrogens with one attached hydrogen (secondary N) is 3. The lowest BCUT2D eigenvalue weighted by Crippen LogP contribution is -2.49. The first-order valence-electron chi connectivity index (χ1n) is 9.21. The molecule has 148 valence electrons. The van der Waals surface area contributed by atoms with Crippen molar-refractivity contribution in [1.82, 2.24) is 15.0 Å². The molecular weight excluding hydrogens is 374 g/mol. The Kier molecular flexibility index (Phi) is 5.86. The average molecular weight is 400 g/mol. The fourth-order valence-electron chi connectivity index (χ4n) is 3.20. The van der Waals surface area contributed by atoms with E-state index in [1.807, 2.05) is 44.3 Å². The van der Waals surface area contributed by atoms with Crippen LogP contribution < -0.4 is 10.0 Å². The smallest absolute Gasteiger partial charge is 0.241 e. The molecule has 0 bridgehead atoms. The molecule has 3 aromatic rings. The van der Waals surface area contributed by atoms with Gasteiger partial charge in [0.05, 0.1) is 4.90 Å². The van der Waals surface area contributed by atoms with Crippen molar-refractivity contribution < 1.29 is 13.2 Å². The van der Waals surface area contributed by atoms with Crippen molar-refractivity contribution in [2.45, 2.75) is 44.2 Å². The van der Waals surface area contributed by atoms with Gasteiger partial charge in [-0.3, -0.25) is 4.79 Å². The maximum atomic E-state index is 12.9. The number of carbonyl (C=O) groups excluding carboxylic acids is 1. The molecule has 0 radical (unpaired) electrons. The number of hydrogen-bond donors (Lipinski definition) is 3. The van der Waals surface area contributed by atoms with Crippen LogP contribution in [-0.2, 0) is 21.2 Å². The molecule has 0 aliphatic carbocycles. The summed E-state index contributed by atoms with van der Waals surface area (Å²) in [5.74, 6) is -0.350. The van der Waals surface area contributed by atoms with Crippen LogP contribution in [0, 0.1) is 6.92 Å². The van der Waals surface area contributed by atoms with Gasteiger partial charge in [-0.1, -0.05) is 36.4 Å². The molecular formula is C21H25N3O3S. The third kappa shape index (κ3) is 4.43. The Labute approximate surface area is 165 Å². The highest BCUT2D eigenvalue weighted by Gasteiger charge is 2.28. The van der Waals surface area contributed by atoms with Crippen molar-refractivity contribution >= 4 is 26.8 Å². The lowest BCUT2D eigenvalue weighted by molar-refractivity contribution is -0.123. The number of fused-ring (bicyclic) bond motifs is 1. The predicted octanol–water partition coefficient (Wildman–Crippen LogP) is 2.89. The third-order valence-corrected chi connectivity index (χ3v) is 6.16. The van der Waals surface area contributed by atoms with E-state index >= 15 is 0 Å². The van der Waals surface area contributed by atoms with Crippen LogP contribution in [0.25, 0.3) is 10.9 Å². The zero-order valence-corrected chi connectivity index (χ0v) is 17.0. The molecule has 0 spiro atoms. The number of amides is 1. The lowest BCUT2D eigenvalue weighted by atomic mass is 10.0. The maximum Gasteiger partial charge on any atom is 0.241 e. The van der Waals surface area contributed by atoms with E-state index in [-0.39, 0.29) is 23.3 Å². The summed E-state index contributed by atoms with van der Waals surface area (Å²) in [6.07, 6.45) is 2.07. The molecule has 3 N–H and O–H groups in total. The molecule has 2 aromatic carbocycles. The van der Waals surface area contributed by atoms with Crippen LogP contribution in [0.4, 0.5) is 0 Å². The van der Waals surface area contributed by atoms with Crippen molar-refractivity contribution in [1.29, 1.82) is 0 Å². The summed E-state index contributed by atoms with van der Waals surface area (Å²) in [4.78, 5) is 16.1. The SMILES string of the molecule is Cc1ccccc1S(=O)(=O)N[C@@H](Cc1c[nH]c2ccccc12)C(=O)NC(C)C. The first-order valence-corrected chi connectivity index (χ1v) is 10.7. The van der Waals surface area contributed by atoms with Crippen LogP contribution in [0.15, 0.2) is 59.6 Å². The van der Waals surface area contributed by atoms with E-state index < -0.39 is 16.1 Å². The Bertz CT molecular complexity index is 1090. The number of rotatable bonds is 7.